The van der Waals surface area contributed by atoms with E-state index in [4.69, 9.17) is 19.5 Å². The van der Waals surface area contributed by atoms with Crippen molar-refractivity contribution >= 4 is 25.6 Å². The lowest BCUT2D eigenvalue weighted by atomic mass is 10.3. The maximum atomic E-state index is 11.7. The molecule has 0 aliphatic carbocycles. The Hall–Kier alpha value is -2.06. The summed E-state index contributed by atoms with van der Waals surface area (Å²) in [6, 6.07) is 8.50. The molecule has 20 heavy (non-hydrogen) atoms. The number of benzene rings is 1. The van der Waals surface area contributed by atoms with Crippen LogP contribution in [0.4, 0.5) is 15.3 Å². The molecule has 1 rings (SSSR count). The quantitative estimate of drug-likeness (QED) is 0.811. The van der Waals surface area contributed by atoms with Gasteiger partial charge in [-0.15, -0.1) is 0 Å². The standard InChI is InChI=1S/C12H15NO4.BH2O2/c1-3-16-11(14)13(12(15)17-4-2)10-8-6-5-7-9-10;2-1-3/h5-9H,3-4H2,1-2H3;2-3H. The van der Waals surface area contributed by atoms with Crippen molar-refractivity contribution in [2.75, 3.05) is 18.1 Å². The number of carbonyl (C=O) groups excluding carboxylic acids is 2. The van der Waals surface area contributed by atoms with Crippen molar-refractivity contribution in [1.82, 2.24) is 0 Å². The number of amides is 2. The summed E-state index contributed by atoms with van der Waals surface area (Å²) in [4.78, 5) is 24.2. The van der Waals surface area contributed by atoms with Crippen LogP contribution in [0.2, 0.25) is 0 Å². The van der Waals surface area contributed by atoms with E-state index in [-0.39, 0.29) is 20.9 Å². The van der Waals surface area contributed by atoms with Gasteiger partial charge in [0.05, 0.1) is 18.9 Å². The Kier molecular flexibility index (Phi) is 9.72. The predicted octanol–water partition coefficient (Wildman–Crippen LogP) is 1.31. The third-order valence-electron chi connectivity index (χ3n) is 1.92. The molecule has 1 aromatic rings. The maximum absolute atomic E-state index is 11.7. The smallest absolute Gasteiger partial charge is 0.449 e. The lowest BCUT2D eigenvalue weighted by Crippen LogP contribution is -2.37. The Balaban J connectivity index is 0.00000110. The third-order valence-corrected chi connectivity index (χ3v) is 1.92. The SMILES string of the molecule is CCOC(=O)N(C(=O)OCC)c1ccccc1.O[B]O. The highest BCUT2D eigenvalue weighted by atomic mass is 16.6. The van der Waals surface area contributed by atoms with Gasteiger partial charge in [-0.25, -0.2) is 9.59 Å². The van der Waals surface area contributed by atoms with Crippen LogP contribution in [0.5, 0.6) is 0 Å². The Morgan fingerprint density at radius 1 is 1.05 bits per heavy atom. The number of rotatable bonds is 3. The summed E-state index contributed by atoms with van der Waals surface area (Å²) in [6.45, 7) is 3.74. The van der Waals surface area contributed by atoms with Crippen LogP contribution < -0.4 is 4.90 Å². The largest absolute Gasteiger partial charge is 0.482 e. The number of anilines is 1. The minimum atomic E-state index is -0.739. The molecule has 0 atom stereocenters. The predicted molar refractivity (Wildman–Crippen MR) is 73.2 cm³/mol. The van der Waals surface area contributed by atoms with Gasteiger partial charge in [-0.2, -0.15) is 4.90 Å². The number of imide groups is 1. The van der Waals surface area contributed by atoms with Crippen molar-refractivity contribution in [1.29, 1.82) is 0 Å². The highest BCUT2D eigenvalue weighted by Crippen LogP contribution is 2.15. The highest BCUT2D eigenvalue weighted by molar-refractivity contribution is 6.13. The van der Waals surface area contributed by atoms with Gasteiger partial charge < -0.3 is 19.5 Å². The number of nitrogens with zero attached hydrogens (tertiary/aromatic N) is 1. The molecular weight excluding hydrogens is 265 g/mol. The fourth-order valence-corrected chi connectivity index (χ4v) is 1.24. The number of para-hydroxylation sites is 1. The van der Waals surface area contributed by atoms with E-state index in [1.54, 1.807) is 44.2 Å². The van der Waals surface area contributed by atoms with Crippen LogP contribution in [0.3, 0.4) is 0 Å². The average Bonchev–Trinajstić information content (AvgIpc) is 2.41. The molecule has 0 heterocycles. The van der Waals surface area contributed by atoms with Crippen molar-refractivity contribution in [3.63, 3.8) is 0 Å². The van der Waals surface area contributed by atoms with Gasteiger partial charge in [0.1, 0.15) is 0 Å². The molecule has 0 bridgehead atoms. The Bertz CT molecular complexity index is 382. The number of hydrogen-bond acceptors (Lipinski definition) is 6. The molecule has 0 spiro atoms. The van der Waals surface area contributed by atoms with Gasteiger partial charge in [-0.3, -0.25) is 0 Å². The molecule has 8 heteroatoms. The maximum Gasteiger partial charge on any atom is 0.482 e. The monoisotopic (exact) mass is 282 g/mol. The molecule has 0 saturated carbocycles. The van der Waals surface area contributed by atoms with Crippen LogP contribution in [-0.4, -0.2) is 43.1 Å². The molecule has 109 valence electrons. The average molecular weight is 282 g/mol. The molecule has 0 fully saturated rings. The third kappa shape index (κ3) is 6.21. The van der Waals surface area contributed by atoms with E-state index in [1.807, 2.05) is 0 Å². The molecule has 7 nitrogen and oxygen atoms in total. The Morgan fingerprint density at radius 3 is 1.80 bits per heavy atom. The van der Waals surface area contributed by atoms with Crippen molar-refractivity contribution in [3.8, 4) is 0 Å². The van der Waals surface area contributed by atoms with Gasteiger partial charge in [-0.05, 0) is 26.0 Å². The second-order valence-corrected chi connectivity index (χ2v) is 3.18. The van der Waals surface area contributed by atoms with Crippen molar-refractivity contribution in [2.45, 2.75) is 13.8 Å². The molecule has 0 unspecified atom stereocenters. The van der Waals surface area contributed by atoms with Crippen LogP contribution in [0.1, 0.15) is 13.8 Å². The summed E-state index contributed by atoms with van der Waals surface area (Å²) < 4.78 is 9.62. The van der Waals surface area contributed by atoms with E-state index < -0.39 is 12.2 Å². The first kappa shape index (κ1) is 17.9. The summed E-state index contributed by atoms with van der Waals surface area (Å²) in [5.74, 6) is 0. The molecule has 0 saturated heterocycles. The number of ether oxygens (including phenoxy) is 2. The van der Waals surface area contributed by atoms with Gasteiger partial charge in [0.15, 0.2) is 0 Å². The van der Waals surface area contributed by atoms with Crippen LogP contribution in [0, 0.1) is 0 Å². The fourth-order valence-electron chi connectivity index (χ4n) is 1.24. The zero-order chi connectivity index (χ0) is 15.4. The summed E-state index contributed by atoms with van der Waals surface area (Å²) in [7, 11) is 0. The Labute approximate surface area is 118 Å². The zero-order valence-electron chi connectivity index (χ0n) is 11.4. The van der Waals surface area contributed by atoms with Crippen LogP contribution in [-0.2, 0) is 9.47 Å². The lowest BCUT2D eigenvalue weighted by molar-refractivity contribution is 0.140. The number of hydrogen-bond donors (Lipinski definition) is 2. The van der Waals surface area contributed by atoms with Gasteiger partial charge in [0, 0.05) is 0 Å². The van der Waals surface area contributed by atoms with E-state index >= 15 is 0 Å². The van der Waals surface area contributed by atoms with E-state index in [0.717, 1.165) is 4.90 Å². The molecule has 2 amide bonds. The molecule has 1 aromatic carbocycles. The fraction of sp³-hybridized carbons (Fsp3) is 0.333. The van der Waals surface area contributed by atoms with Crippen molar-refractivity contribution < 1.29 is 29.1 Å². The molecule has 0 aliphatic rings. The van der Waals surface area contributed by atoms with E-state index in [0.29, 0.717) is 5.69 Å². The Morgan fingerprint density at radius 2 is 1.45 bits per heavy atom. The summed E-state index contributed by atoms with van der Waals surface area (Å²) in [5, 5.41) is 14.0. The van der Waals surface area contributed by atoms with Crippen LogP contribution in [0.25, 0.3) is 0 Å². The second-order valence-electron chi connectivity index (χ2n) is 3.18. The van der Waals surface area contributed by atoms with Gasteiger partial charge in [0.25, 0.3) is 0 Å². The summed E-state index contributed by atoms with van der Waals surface area (Å²) in [5.41, 5.74) is 0.421. The van der Waals surface area contributed by atoms with Crippen LogP contribution in [0.15, 0.2) is 30.3 Å². The molecule has 1 radical (unpaired) electrons. The van der Waals surface area contributed by atoms with Gasteiger partial charge >= 0.3 is 19.9 Å². The molecule has 0 aliphatic heterocycles. The zero-order valence-corrected chi connectivity index (χ0v) is 11.4. The van der Waals surface area contributed by atoms with E-state index in [9.17, 15) is 9.59 Å². The lowest BCUT2D eigenvalue weighted by Gasteiger charge is -2.19. The van der Waals surface area contributed by atoms with E-state index in [2.05, 4.69) is 0 Å². The number of carbonyl (C=O) groups is 2. The molecule has 0 aromatic heterocycles. The summed E-state index contributed by atoms with van der Waals surface area (Å²) in [6.07, 6.45) is -1.48. The van der Waals surface area contributed by atoms with Crippen LogP contribution >= 0.6 is 0 Å². The highest BCUT2D eigenvalue weighted by Gasteiger charge is 2.25. The van der Waals surface area contributed by atoms with Crippen molar-refractivity contribution in [3.05, 3.63) is 30.3 Å². The topological polar surface area (TPSA) is 96.3 Å². The van der Waals surface area contributed by atoms with Gasteiger partial charge in [-0.1, -0.05) is 18.2 Å². The minimum absolute atomic E-state index is 0. The summed E-state index contributed by atoms with van der Waals surface area (Å²) >= 11 is 0. The molecular formula is C12H17BNO6. The first-order valence-corrected chi connectivity index (χ1v) is 5.91. The first-order valence-electron chi connectivity index (χ1n) is 5.91. The first-order chi connectivity index (χ1) is 9.62. The second kappa shape index (κ2) is 10.8. The molecule has 2 N–H and O–H groups in total. The van der Waals surface area contributed by atoms with Crippen molar-refractivity contribution in [2.24, 2.45) is 0 Å². The normalized spacial score (nSPS) is 8.80. The van der Waals surface area contributed by atoms with E-state index in [1.165, 1.54) is 0 Å². The van der Waals surface area contributed by atoms with Gasteiger partial charge in [0.2, 0.25) is 0 Å². The minimum Gasteiger partial charge on any atom is -0.449 e.